The molecule has 0 saturated heterocycles. The number of carbonyl (C=O) groups excluding carboxylic acids is 1. The van der Waals surface area contributed by atoms with Gasteiger partial charge >= 0.3 is 11.9 Å². The molecular formula is C18H13ClF3N5O3. The predicted molar refractivity (Wildman–Crippen MR) is 101 cm³/mol. The molecule has 0 fully saturated rings. The Morgan fingerprint density at radius 3 is 2.60 bits per heavy atom. The number of pyridine rings is 1. The lowest BCUT2D eigenvalue weighted by molar-refractivity contribution is -0.138. The topological polar surface area (TPSA) is 110 Å². The molecule has 156 valence electrons. The number of H-pyrrole nitrogens is 1. The fourth-order valence-corrected chi connectivity index (χ4v) is 2.83. The maximum Gasteiger partial charge on any atom is 0.416 e. The Kier molecular flexibility index (Phi) is 6.01. The molecule has 2 N–H and O–H groups in total. The zero-order valence-electron chi connectivity index (χ0n) is 15.0. The molecule has 12 heteroatoms. The number of halogens is 4. The lowest BCUT2D eigenvalue weighted by Gasteiger charge is -2.13. The van der Waals surface area contributed by atoms with Gasteiger partial charge in [0.15, 0.2) is 5.82 Å². The van der Waals surface area contributed by atoms with E-state index in [1.165, 1.54) is 30.3 Å². The number of nitrogens with zero attached hydrogens (tertiary/aromatic N) is 3. The zero-order chi connectivity index (χ0) is 21.9. The molecule has 8 nitrogen and oxygen atoms in total. The molecule has 3 rings (SSSR count). The average molecular weight is 440 g/mol. The van der Waals surface area contributed by atoms with Gasteiger partial charge in [-0.2, -0.15) is 23.0 Å². The summed E-state index contributed by atoms with van der Waals surface area (Å²) in [6.45, 7) is -0.106. The van der Waals surface area contributed by atoms with E-state index in [4.69, 9.17) is 11.6 Å². The molecule has 0 spiro atoms. The van der Waals surface area contributed by atoms with Crippen molar-refractivity contribution in [2.45, 2.75) is 12.6 Å². The van der Waals surface area contributed by atoms with Crippen molar-refractivity contribution in [2.24, 2.45) is 0 Å². The van der Waals surface area contributed by atoms with Crippen LogP contribution in [0.4, 0.5) is 13.2 Å². The minimum absolute atomic E-state index is 0.0297. The molecule has 0 aliphatic rings. The zero-order valence-corrected chi connectivity index (χ0v) is 15.8. The Balaban J connectivity index is 1.77. The van der Waals surface area contributed by atoms with E-state index < -0.39 is 28.9 Å². The first-order chi connectivity index (χ1) is 14.2. The van der Waals surface area contributed by atoms with Crippen molar-refractivity contribution in [3.8, 4) is 5.82 Å². The standard InChI is InChI=1S/C18H13ClF3N5O3/c19-12-5-6-13(27-17(30)26-14(28)9-24-27)25-15(12)16(29)23-8-7-10-3-1-2-4-11(10)18(20,21)22/h1-6,9H,7-8H2,(H,23,29)(H,26,28,30). The lowest BCUT2D eigenvalue weighted by atomic mass is 10.0. The molecule has 2 heterocycles. The monoisotopic (exact) mass is 439 g/mol. The average Bonchev–Trinajstić information content (AvgIpc) is 2.68. The molecule has 1 aromatic carbocycles. The normalized spacial score (nSPS) is 11.3. The smallest absolute Gasteiger partial charge is 0.350 e. The third-order valence-corrected chi connectivity index (χ3v) is 4.28. The fraction of sp³-hybridized carbons (Fsp3) is 0.167. The van der Waals surface area contributed by atoms with Crippen LogP contribution >= 0.6 is 11.6 Å². The van der Waals surface area contributed by atoms with Crippen molar-refractivity contribution in [3.05, 3.63) is 85.3 Å². The number of benzene rings is 1. The third-order valence-electron chi connectivity index (χ3n) is 3.98. The summed E-state index contributed by atoms with van der Waals surface area (Å²) in [6.07, 6.45) is -3.72. The summed E-state index contributed by atoms with van der Waals surface area (Å²) in [5, 5.41) is 6.04. The van der Waals surface area contributed by atoms with E-state index in [2.05, 4.69) is 15.4 Å². The third kappa shape index (κ3) is 4.74. The molecule has 0 radical (unpaired) electrons. The summed E-state index contributed by atoms with van der Waals surface area (Å²) in [4.78, 5) is 41.3. The van der Waals surface area contributed by atoms with Gasteiger partial charge < -0.3 is 5.32 Å². The molecule has 0 atom stereocenters. The summed E-state index contributed by atoms with van der Waals surface area (Å²) in [5.74, 6) is -0.822. The molecule has 0 bridgehead atoms. The van der Waals surface area contributed by atoms with Gasteiger partial charge in [0.25, 0.3) is 11.5 Å². The summed E-state index contributed by atoms with van der Waals surface area (Å²) in [7, 11) is 0. The first-order valence-corrected chi connectivity index (χ1v) is 8.83. The van der Waals surface area contributed by atoms with Gasteiger partial charge in [-0.3, -0.25) is 14.6 Å². The van der Waals surface area contributed by atoms with Crippen molar-refractivity contribution in [2.75, 3.05) is 6.54 Å². The van der Waals surface area contributed by atoms with Gasteiger partial charge in [-0.1, -0.05) is 29.8 Å². The number of carbonyl (C=O) groups is 1. The van der Waals surface area contributed by atoms with Crippen LogP contribution in [0, 0.1) is 0 Å². The maximum atomic E-state index is 13.0. The van der Waals surface area contributed by atoms with Crippen molar-refractivity contribution in [3.63, 3.8) is 0 Å². The van der Waals surface area contributed by atoms with Crippen molar-refractivity contribution >= 4 is 17.5 Å². The Morgan fingerprint density at radius 2 is 1.90 bits per heavy atom. The van der Waals surface area contributed by atoms with E-state index >= 15 is 0 Å². The summed E-state index contributed by atoms with van der Waals surface area (Å²) >= 11 is 5.99. The Morgan fingerprint density at radius 1 is 1.17 bits per heavy atom. The van der Waals surface area contributed by atoms with Gasteiger partial charge in [0.2, 0.25) is 0 Å². The number of rotatable bonds is 5. The predicted octanol–water partition coefficient (Wildman–Crippen LogP) is 1.96. The molecule has 1 amide bonds. The second kappa shape index (κ2) is 8.49. The number of alkyl halides is 3. The van der Waals surface area contributed by atoms with E-state index in [1.807, 2.05) is 4.98 Å². The summed E-state index contributed by atoms with van der Waals surface area (Å²) < 4.78 is 39.9. The Hall–Kier alpha value is -3.47. The highest BCUT2D eigenvalue weighted by Gasteiger charge is 2.32. The second-order valence-corrected chi connectivity index (χ2v) is 6.42. The molecule has 0 aliphatic heterocycles. The molecule has 0 aliphatic carbocycles. The van der Waals surface area contributed by atoms with Gasteiger partial charge in [0, 0.05) is 6.54 Å². The van der Waals surface area contributed by atoms with E-state index in [0.717, 1.165) is 16.9 Å². The Labute approximate surface area is 171 Å². The molecular weight excluding hydrogens is 427 g/mol. The number of hydrogen-bond donors (Lipinski definition) is 2. The highest BCUT2D eigenvalue weighted by atomic mass is 35.5. The number of aromatic amines is 1. The van der Waals surface area contributed by atoms with Crippen molar-refractivity contribution in [1.82, 2.24) is 25.1 Å². The quantitative estimate of drug-likeness (QED) is 0.631. The summed E-state index contributed by atoms with van der Waals surface area (Å²) in [6, 6.07) is 7.67. The molecule has 2 aromatic heterocycles. The lowest BCUT2D eigenvalue weighted by Crippen LogP contribution is -2.32. The van der Waals surface area contributed by atoms with Gasteiger partial charge in [0.1, 0.15) is 11.9 Å². The van der Waals surface area contributed by atoms with Gasteiger partial charge in [-0.05, 0) is 30.2 Å². The molecule has 30 heavy (non-hydrogen) atoms. The second-order valence-electron chi connectivity index (χ2n) is 6.01. The van der Waals surface area contributed by atoms with Crippen LogP contribution in [-0.2, 0) is 12.6 Å². The number of hydrogen-bond acceptors (Lipinski definition) is 5. The van der Waals surface area contributed by atoms with Crippen LogP contribution in [0.1, 0.15) is 21.6 Å². The van der Waals surface area contributed by atoms with Crippen LogP contribution in [-0.4, -0.2) is 32.2 Å². The summed E-state index contributed by atoms with van der Waals surface area (Å²) in [5.41, 5.74) is -2.57. The van der Waals surface area contributed by atoms with Crippen molar-refractivity contribution < 1.29 is 18.0 Å². The maximum absolute atomic E-state index is 13.0. The number of nitrogens with one attached hydrogen (secondary N) is 2. The first-order valence-electron chi connectivity index (χ1n) is 8.45. The fourth-order valence-electron chi connectivity index (χ4n) is 2.63. The van der Waals surface area contributed by atoms with Crippen LogP contribution in [0.2, 0.25) is 5.02 Å². The SMILES string of the molecule is O=C(NCCc1ccccc1C(F)(F)F)c1nc(-n2ncc(=O)[nH]c2=O)ccc1Cl. The minimum Gasteiger partial charge on any atom is -0.350 e. The van der Waals surface area contributed by atoms with Crippen molar-refractivity contribution in [1.29, 1.82) is 0 Å². The van der Waals surface area contributed by atoms with Crippen LogP contribution in [0.25, 0.3) is 5.82 Å². The Bertz CT molecular complexity index is 1210. The molecule has 3 aromatic rings. The first kappa shape index (κ1) is 21.2. The van der Waals surface area contributed by atoms with Gasteiger partial charge in [0.05, 0.1) is 10.6 Å². The molecule has 0 unspecified atom stereocenters. The van der Waals surface area contributed by atoms with E-state index in [9.17, 15) is 27.6 Å². The van der Waals surface area contributed by atoms with E-state index in [-0.39, 0.29) is 35.1 Å². The van der Waals surface area contributed by atoms with Gasteiger partial charge in [-0.15, -0.1) is 0 Å². The van der Waals surface area contributed by atoms with Crippen LogP contribution in [0.5, 0.6) is 0 Å². The van der Waals surface area contributed by atoms with Crippen LogP contribution < -0.4 is 16.6 Å². The van der Waals surface area contributed by atoms with Crippen LogP contribution in [0.3, 0.4) is 0 Å². The number of amides is 1. The highest BCUT2D eigenvalue weighted by Crippen LogP contribution is 2.31. The van der Waals surface area contributed by atoms with E-state index in [0.29, 0.717) is 0 Å². The highest BCUT2D eigenvalue weighted by molar-refractivity contribution is 6.33. The minimum atomic E-state index is -4.50. The van der Waals surface area contributed by atoms with Gasteiger partial charge in [-0.25, -0.2) is 9.78 Å². The largest absolute Gasteiger partial charge is 0.416 e. The number of aromatic nitrogens is 4. The van der Waals surface area contributed by atoms with E-state index in [1.54, 1.807) is 0 Å². The van der Waals surface area contributed by atoms with Crippen LogP contribution in [0.15, 0.2) is 52.2 Å². The molecule has 0 saturated carbocycles.